The molecule has 0 fully saturated rings. The molecule has 0 saturated carbocycles. The van der Waals surface area contributed by atoms with Crippen LogP contribution in [0.2, 0.25) is 0 Å². The van der Waals surface area contributed by atoms with Crippen molar-refractivity contribution in [2.45, 2.75) is 0 Å². The maximum absolute atomic E-state index is 11.9. The highest BCUT2D eigenvalue weighted by Gasteiger charge is 2.08. The van der Waals surface area contributed by atoms with Crippen LogP contribution in [0.1, 0.15) is 10.4 Å². The third kappa shape index (κ3) is 2.68. The molecular weight excluding hydrogens is 186 g/mol. The molecule has 15 heavy (non-hydrogen) atoms. The van der Waals surface area contributed by atoms with Crippen LogP contribution in [0.15, 0.2) is 61.2 Å². The van der Waals surface area contributed by atoms with Gasteiger partial charge in [-0.1, -0.05) is 43.5 Å². The third-order valence-electron chi connectivity index (χ3n) is 1.93. The molecule has 0 aromatic heterocycles. The normalized spacial score (nSPS) is 10.8. The molecule has 0 amide bonds. The van der Waals surface area contributed by atoms with Gasteiger partial charge in [-0.3, -0.25) is 4.79 Å². The Bertz CT molecular complexity index is 430. The molecule has 0 aliphatic heterocycles. The van der Waals surface area contributed by atoms with Crippen LogP contribution in [-0.4, -0.2) is 5.78 Å². The lowest BCUT2D eigenvalue weighted by molar-refractivity contribution is 0.103. The third-order valence-corrected chi connectivity index (χ3v) is 1.93. The fourth-order valence-electron chi connectivity index (χ4n) is 1.21. The monoisotopic (exact) mass is 199 g/mol. The predicted molar refractivity (Wildman–Crippen MR) is 63.7 cm³/mol. The fraction of sp³-hybridized carbons (Fsp3) is 0. The molecule has 0 heterocycles. The molecule has 1 rings (SSSR count). The van der Waals surface area contributed by atoms with Crippen molar-refractivity contribution in [3.05, 3.63) is 66.8 Å². The average Bonchev–Trinajstić information content (AvgIpc) is 2.25. The van der Waals surface area contributed by atoms with Gasteiger partial charge in [0.1, 0.15) is 0 Å². The van der Waals surface area contributed by atoms with Crippen molar-refractivity contribution < 1.29 is 4.79 Å². The Labute approximate surface area is 89.4 Å². The highest BCUT2D eigenvalue weighted by Crippen LogP contribution is 2.12. The molecule has 76 valence electrons. The van der Waals surface area contributed by atoms with Gasteiger partial charge in [-0.15, -0.1) is 0 Å². The Hall–Kier alpha value is -2.09. The summed E-state index contributed by atoms with van der Waals surface area (Å²) in [4.78, 5) is 11.9. The highest BCUT2D eigenvalue weighted by molar-refractivity contribution is 6.11. The minimum atomic E-state index is -0.0998. The number of carbonyl (C=O) groups is 1. The van der Waals surface area contributed by atoms with E-state index in [4.69, 9.17) is 5.73 Å². The number of rotatable bonds is 4. The van der Waals surface area contributed by atoms with E-state index in [9.17, 15) is 4.79 Å². The molecule has 0 aliphatic carbocycles. The summed E-state index contributed by atoms with van der Waals surface area (Å²) in [5.74, 6) is -0.0998. The van der Waals surface area contributed by atoms with E-state index in [0.717, 1.165) is 0 Å². The van der Waals surface area contributed by atoms with Gasteiger partial charge in [0.05, 0.1) is 0 Å². The Kier molecular flexibility index (Phi) is 3.63. The van der Waals surface area contributed by atoms with Crippen molar-refractivity contribution in [2.24, 2.45) is 0 Å². The van der Waals surface area contributed by atoms with Gasteiger partial charge in [0.2, 0.25) is 0 Å². The number of hydrogen-bond donors (Lipinski definition) is 1. The Morgan fingerprint density at radius 1 is 1.33 bits per heavy atom. The zero-order valence-electron chi connectivity index (χ0n) is 8.44. The van der Waals surface area contributed by atoms with E-state index in [2.05, 4.69) is 13.2 Å². The number of benzene rings is 1. The topological polar surface area (TPSA) is 43.1 Å². The van der Waals surface area contributed by atoms with E-state index in [-0.39, 0.29) is 5.78 Å². The van der Waals surface area contributed by atoms with Crippen molar-refractivity contribution in [3.63, 3.8) is 0 Å². The number of allylic oxidation sites excluding steroid dienone is 4. The first kappa shape index (κ1) is 11.0. The van der Waals surface area contributed by atoms with Gasteiger partial charge in [-0.25, -0.2) is 0 Å². The van der Waals surface area contributed by atoms with Crippen LogP contribution in [-0.2, 0) is 0 Å². The Morgan fingerprint density at radius 2 is 2.07 bits per heavy atom. The maximum Gasteiger partial charge on any atom is 0.193 e. The second-order valence-corrected chi connectivity index (χ2v) is 3.02. The van der Waals surface area contributed by atoms with E-state index in [1.165, 1.54) is 6.08 Å². The summed E-state index contributed by atoms with van der Waals surface area (Å²) < 4.78 is 0. The summed E-state index contributed by atoms with van der Waals surface area (Å²) >= 11 is 0. The summed E-state index contributed by atoms with van der Waals surface area (Å²) in [5, 5.41) is 0. The minimum absolute atomic E-state index is 0.0998. The van der Waals surface area contributed by atoms with Crippen molar-refractivity contribution in [1.82, 2.24) is 0 Å². The molecule has 0 radical (unpaired) electrons. The zero-order valence-corrected chi connectivity index (χ0v) is 8.44. The molecule has 1 aromatic carbocycles. The first-order valence-corrected chi connectivity index (χ1v) is 4.54. The zero-order chi connectivity index (χ0) is 11.3. The van der Waals surface area contributed by atoms with Crippen molar-refractivity contribution >= 4 is 11.5 Å². The quantitative estimate of drug-likeness (QED) is 0.350. The minimum Gasteiger partial charge on any atom is -0.399 e. The summed E-state index contributed by atoms with van der Waals surface area (Å²) in [6, 6.07) is 6.85. The molecule has 0 spiro atoms. The molecule has 2 heteroatoms. The summed E-state index contributed by atoms with van der Waals surface area (Å²) in [6.45, 7) is 7.12. The molecule has 0 saturated heterocycles. The molecular formula is C13H13NO. The lowest BCUT2D eigenvalue weighted by Crippen LogP contribution is -2.01. The number of anilines is 1. The first-order chi connectivity index (χ1) is 7.19. The van der Waals surface area contributed by atoms with E-state index in [1.807, 2.05) is 0 Å². The van der Waals surface area contributed by atoms with Gasteiger partial charge in [0.15, 0.2) is 5.78 Å². The SMILES string of the molecule is C=C/C=C(\C=C)C(=O)c1cccc(N)c1. The van der Waals surface area contributed by atoms with Crippen molar-refractivity contribution in [2.75, 3.05) is 5.73 Å². The van der Waals surface area contributed by atoms with Crippen LogP contribution < -0.4 is 5.73 Å². The Morgan fingerprint density at radius 3 is 2.60 bits per heavy atom. The van der Waals surface area contributed by atoms with Crippen LogP contribution >= 0.6 is 0 Å². The van der Waals surface area contributed by atoms with Crippen molar-refractivity contribution in [3.8, 4) is 0 Å². The highest BCUT2D eigenvalue weighted by atomic mass is 16.1. The Balaban J connectivity index is 3.08. The molecule has 0 atom stereocenters. The van der Waals surface area contributed by atoms with Gasteiger partial charge in [0, 0.05) is 16.8 Å². The fourth-order valence-corrected chi connectivity index (χ4v) is 1.21. The molecule has 0 aliphatic rings. The summed E-state index contributed by atoms with van der Waals surface area (Å²) in [5.41, 5.74) is 7.23. The smallest absolute Gasteiger partial charge is 0.193 e. The largest absolute Gasteiger partial charge is 0.399 e. The van der Waals surface area contributed by atoms with E-state index in [0.29, 0.717) is 16.8 Å². The van der Waals surface area contributed by atoms with E-state index < -0.39 is 0 Å². The molecule has 0 unspecified atom stereocenters. The van der Waals surface area contributed by atoms with Gasteiger partial charge >= 0.3 is 0 Å². The number of Topliss-reactive ketones (excluding diaryl/α,β-unsaturated/α-hetero) is 1. The van der Waals surface area contributed by atoms with Crippen LogP contribution in [0.5, 0.6) is 0 Å². The van der Waals surface area contributed by atoms with Gasteiger partial charge < -0.3 is 5.73 Å². The van der Waals surface area contributed by atoms with Crippen LogP contribution in [0.4, 0.5) is 5.69 Å². The van der Waals surface area contributed by atoms with Gasteiger partial charge in [-0.2, -0.15) is 0 Å². The number of ketones is 1. The lowest BCUT2D eigenvalue weighted by Gasteiger charge is -2.01. The summed E-state index contributed by atoms with van der Waals surface area (Å²) in [6.07, 6.45) is 4.69. The average molecular weight is 199 g/mol. The van der Waals surface area contributed by atoms with Crippen LogP contribution in [0, 0.1) is 0 Å². The number of nitrogen functional groups attached to an aromatic ring is 1. The number of hydrogen-bond acceptors (Lipinski definition) is 2. The maximum atomic E-state index is 11.9. The van der Waals surface area contributed by atoms with E-state index >= 15 is 0 Å². The van der Waals surface area contributed by atoms with E-state index in [1.54, 1.807) is 36.4 Å². The van der Waals surface area contributed by atoms with Gasteiger partial charge in [0.25, 0.3) is 0 Å². The number of nitrogens with two attached hydrogens (primary N) is 1. The lowest BCUT2D eigenvalue weighted by atomic mass is 10.0. The first-order valence-electron chi connectivity index (χ1n) is 4.54. The molecule has 2 nitrogen and oxygen atoms in total. The van der Waals surface area contributed by atoms with Crippen LogP contribution in [0.25, 0.3) is 0 Å². The molecule has 0 bridgehead atoms. The summed E-state index contributed by atoms with van der Waals surface area (Å²) in [7, 11) is 0. The number of carbonyl (C=O) groups excluding carboxylic acids is 1. The molecule has 2 N–H and O–H groups in total. The second-order valence-electron chi connectivity index (χ2n) is 3.02. The van der Waals surface area contributed by atoms with Crippen LogP contribution in [0.3, 0.4) is 0 Å². The van der Waals surface area contributed by atoms with Gasteiger partial charge in [-0.05, 0) is 12.1 Å². The predicted octanol–water partition coefficient (Wildman–Crippen LogP) is 2.75. The standard InChI is InChI=1S/C13H13NO/c1-3-6-10(4-2)13(15)11-7-5-8-12(14)9-11/h3-9H,1-2,14H2/b10-6+. The molecule has 1 aromatic rings. The van der Waals surface area contributed by atoms with Crippen molar-refractivity contribution in [1.29, 1.82) is 0 Å². The second kappa shape index (κ2) is 4.96.